The summed E-state index contributed by atoms with van der Waals surface area (Å²) < 4.78 is 28.7. The van der Waals surface area contributed by atoms with Crippen molar-refractivity contribution in [3.63, 3.8) is 0 Å². The van der Waals surface area contributed by atoms with Crippen molar-refractivity contribution in [1.29, 1.82) is 0 Å². The number of aromatic nitrogens is 3. The number of rotatable bonds is 4. The number of anilines is 2. The van der Waals surface area contributed by atoms with Gasteiger partial charge in [-0.05, 0) is 67.5 Å². The molecule has 3 aliphatic rings. The number of halogens is 2. The summed E-state index contributed by atoms with van der Waals surface area (Å²) in [6, 6.07) is 13.1. The standard InChI is InChI=1S/C30H29F2N5O2/c31-21-9-8-19(15-20(21)18-5-1-2-6-18)37-27(23-7-3-4-12-33-23)30(28(37)39)10-13-36(14-11-30)29-34-24-16-22(32)26(38)17-25(24)35-29/h3-4,7-9,12,15-18,27,38H,1-2,5-6,10-11,13-14H2,(H,34,35). The van der Waals surface area contributed by atoms with Crippen LogP contribution >= 0.6 is 0 Å². The second-order valence-electron chi connectivity index (χ2n) is 11.0. The molecule has 2 saturated heterocycles. The minimum atomic E-state index is -0.703. The zero-order chi connectivity index (χ0) is 26.7. The minimum Gasteiger partial charge on any atom is -0.505 e. The predicted molar refractivity (Wildman–Crippen MR) is 144 cm³/mol. The molecule has 0 bridgehead atoms. The highest BCUT2D eigenvalue weighted by Gasteiger charge is 2.62. The fourth-order valence-electron chi connectivity index (χ4n) is 6.87. The molecule has 4 aromatic rings. The SMILES string of the molecule is O=C1N(c2ccc(F)c(C3CCCC3)c2)C(c2ccccn2)C12CCN(c1nc3cc(O)c(F)cc3[nH]1)CC2. The summed E-state index contributed by atoms with van der Waals surface area (Å²) in [7, 11) is 0. The van der Waals surface area contributed by atoms with Crippen molar-refractivity contribution in [2.75, 3.05) is 22.9 Å². The first kappa shape index (κ1) is 24.1. The predicted octanol–water partition coefficient (Wildman–Crippen LogP) is 5.97. The van der Waals surface area contributed by atoms with E-state index in [4.69, 9.17) is 0 Å². The number of nitrogens with zero attached hydrogens (tertiary/aromatic N) is 4. The van der Waals surface area contributed by atoms with Gasteiger partial charge in [0.2, 0.25) is 11.9 Å². The molecule has 0 radical (unpaired) electrons. The van der Waals surface area contributed by atoms with Crippen molar-refractivity contribution < 1.29 is 18.7 Å². The highest BCUT2D eigenvalue weighted by Crippen LogP contribution is 2.57. The average molecular weight is 530 g/mol. The number of hydrogen-bond donors (Lipinski definition) is 2. The van der Waals surface area contributed by atoms with Crippen molar-refractivity contribution in [2.24, 2.45) is 5.41 Å². The van der Waals surface area contributed by atoms with Crippen molar-refractivity contribution in [2.45, 2.75) is 50.5 Å². The van der Waals surface area contributed by atoms with Gasteiger partial charge < -0.3 is 19.9 Å². The minimum absolute atomic E-state index is 0.0402. The molecular weight excluding hydrogens is 500 g/mol. The van der Waals surface area contributed by atoms with Crippen LogP contribution in [-0.4, -0.2) is 39.1 Å². The number of hydrogen-bond acceptors (Lipinski definition) is 5. The number of imidazole rings is 1. The quantitative estimate of drug-likeness (QED) is 0.318. The molecule has 9 heteroatoms. The molecule has 2 aromatic heterocycles. The number of benzene rings is 2. The van der Waals surface area contributed by atoms with E-state index in [0.717, 1.165) is 37.1 Å². The maximum atomic E-state index is 14.8. The Hall–Kier alpha value is -4.01. The van der Waals surface area contributed by atoms with Crippen LogP contribution in [0.2, 0.25) is 0 Å². The summed E-state index contributed by atoms with van der Waals surface area (Å²) in [5.41, 5.74) is 2.63. The van der Waals surface area contributed by atoms with Crippen LogP contribution in [-0.2, 0) is 4.79 Å². The molecule has 1 spiro atoms. The molecule has 200 valence electrons. The van der Waals surface area contributed by atoms with Gasteiger partial charge in [0.25, 0.3) is 0 Å². The normalized spacial score (nSPS) is 21.2. The Labute approximate surface area is 224 Å². The molecule has 39 heavy (non-hydrogen) atoms. The number of carbonyl (C=O) groups excluding carboxylic acids is 1. The Balaban J connectivity index is 1.19. The highest BCUT2D eigenvalue weighted by molar-refractivity contribution is 6.06. The number of amides is 1. The number of phenols is 1. The number of H-pyrrole nitrogens is 1. The Morgan fingerprint density at radius 2 is 1.79 bits per heavy atom. The van der Waals surface area contributed by atoms with E-state index < -0.39 is 17.0 Å². The van der Waals surface area contributed by atoms with E-state index in [0.29, 0.717) is 48.5 Å². The molecule has 2 aliphatic heterocycles. The Bertz CT molecular complexity index is 1520. The zero-order valence-electron chi connectivity index (χ0n) is 21.4. The lowest BCUT2D eigenvalue weighted by atomic mass is 9.63. The number of fused-ring (bicyclic) bond motifs is 1. The van der Waals surface area contributed by atoms with Crippen LogP contribution in [0.3, 0.4) is 0 Å². The van der Waals surface area contributed by atoms with E-state index in [1.807, 2.05) is 29.2 Å². The molecule has 1 aliphatic carbocycles. The van der Waals surface area contributed by atoms with Crippen LogP contribution < -0.4 is 9.80 Å². The summed E-state index contributed by atoms with van der Waals surface area (Å²) >= 11 is 0. The fourth-order valence-corrected chi connectivity index (χ4v) is 6.87. The lowest BCUT2D eigenvalue weighted by molar-refractivity contribution is -0.142. The Kier molecular flexibility index (Phi) is 5.57. The third-order valence-corrected chi connectivity index (χ3v) is 8.94. The maximum Gasteiger partial charge on any atom is 0.236 e. The zero-order valence-corrected chi connectivity index (χ0v) is 21.4. The molecule has 3 fully saturated rings. The number of phenolic OH excluding ortho intramolecular Hbond substituents is 1. The summed E-state index contributed by atoms with van der Waals surface area (Å²) in [6.45, 7) is 1.15. The van der Waals surface area contributed by atoms with Crippen molar-refractivity contribution in [3.05, 3.63) is 77.6 Å². The van der Waals surface area contributed by atoms with E-state index >= 15 is 0 Å². The second-order valence-corrected chi connectivity index (χ2v) is 11.0. The van der Waals surface area contributed by atoms with Gasteiger partial charge in [0, 0.05) is 37.1 Å². The Morgan fingerprint density at radius 1 is 1.00 bits per heavy atom. The number of aromatic amines is 1. The van der Waals surface area contributed by atoms with Gasteiger partial charge in [-0.25, -0.2) is 13.8 Å². The van der Waals surface area contributed by atoms with Crippen molar-refractivity contribution >= 4 is 28.6 Å². The van der Waals surface area contributed by atoms with Crippen LogP contribution in [0.4, 0.5) is 20.4 Å². The van der Waals surface area contributed by atoms with Gasteiger partial charge in [-0.3, -0.25) is 9.78 Å². The third-order valence-electron chi connectivity index (χ3n) is 8.94. The molecule has 7 rings (SSSR count). The summed E-state index contributed by atoms with van der Waals surface area (Å²) in [5.74, 6) is -0.513. The Morgan fingerprint density at radius 3 is 2.54 bits per heavy atom. The van der Waals surface area contributed by atoms with E-state index in [2.05, 4.69) is 19.9 Å². The molecule has 7 nitrogen and oxygen atoms in total. The first-order valence-corrected chi connectivity index (χ1v) is 13.6. The third kappa shape index (κ3) is 3.78. The molecule has 2 aromatic carbocycles. The lowest BCUT2D eigenvalue weighted by Gasteiger charge is -2.58. The van der Waals surface area contributed by atoms with Crippen LogP contribution in [0.5, 0.6) is 5.75 Å². The number of carbonyl (C=O) groups is 1. The summed E-state index contributed by atoms with van der Waals surface area (Å²) in [4.78, 5) is 30.2. The van der Waals surface area contributed by atoms with Gasteiger partial charge in [0.15, 0.2) is 11.6 Å². The number of piperidine rings is 1. The van der Waals surface area contributed by atoms with Gasteiger partial charge in [-0.2, -0.15) is 0 Å². The lowest BCUT2D eigenvalue weighted by Crippen LogP contribution is -2.67. The van der Waals surface area contributed by atoms with Crippen LogP contribution in [0.25, 0.3) is 11.0 Å². The molecule has 1 amide bonds. The van der Waals surface area contributed by atoms with Gasteiger partial charge in [-0.15, -0.1) is 0 Å². The summed E-state index contributed by atoms with van der Waals surface area (Å²) in [6.07, 6.45) is 7.10. The first-order valence-electron chi connectivity index (χ1n) is 13.6. The smallest absolute Gasteiger partial charge is 0.236 e. The molecular formula is C30H29F2N5O2. The molecule has 1 unspecified atom stereocenters. The van der Waals surface area contributed by atoms with Crippen molar-refractivity contribution in [3.8, 4) is 5.75 Å². The maximum absolute atomic E-state index is 14.8. The second kappa shape index (κ2) is 9.03. The molecule has 2 N–H and O–H groups in total. The summed E-state index contributed by atoms with van der Waals surface area (Å²) in [5, 5.41) is 9.71. The van der Waals surface area contributed by atoms with E-state index in [9.17, 15) is 18.7 Å². The largest absolute Gasteiger partial charge is 0.505 e. The van der Waals surface area contributed by atoms with Crippen LogP contribution in [0.1, 0.15) is 61.7 Å². The van der Waals surface area contributed by atoms with Crippen LogP contribution in [0, 0.1) is 17.0 Å². The van der Waals surface area contributed by atoms with Gasteiger partial charge in [-0.1, -0.05) is 18.9 Å². The van der Waals surface area contributed by atoms with E-state index in [1.165, 1.54) is 18.2 Å². The molecule has 4 heterocycles. The average Bonchev–Trinajstić information content (AvgIpc) is 3.63. The highest BCUT2D eigenvalue weighted by atomic mass is 19.1. The van der Waals surface area contributed by atoms with Gasteiger partial charge in [0.05, 0.1) is 28.2 Å². The number of nitrogens with one attached hydrogen (secondary N) is 1. The molecule has 1 saturated carbocycles. The fraction of sp³-hybridized carbons (Fsp3) is 0.367. The topological polar surface area (TPSA) is 85.3 Å². The number of β-lactam (4-membered cyclic amide) rings is 1. The van der Waals surface area contributed by atoms with E-state index in [1.54, 1.807) is 12.3 Å². The van der Waals surface area contributed by atoms with E-state index in [-0.39, 0.29) is 23.7 Å². The number of aromatic hydroxyl groups is 1. The van der Waals surface area contributed by atoms with Crippen molar-refractivity contribution in [1.82, 2.24) is 15.0 Å². The molecule has 1 atom stereocenters. The monoisotopic (exact) mass is 529 g/mol. The van der Waals surface area contributed by atoms with Crippen LogP contribution in [0.15, 0.2) is 54.7 Å². The van der Waals surface area contributed by atoms with Gasteiger partial charge >= 0.3 is 0 Å². The number of pyridine rings is 1. The van der Waals surface area contributed by atoms with Gasteiger partial charge in [0.1, 0.15) is 5.82 Å². The first-order chi connectivity index (χ1) is 18.9.